The second kappa shape index (κ2) is 5.53. The number of nitrogens with zero attached hydrogens (tertiary/aromatic N) is 1. The van der Waals surface area contributed by atoms with Crippen molar-refractivity contribution in [3.63, 3.8) is 0 Å². The van der Waals surface area contributed by atoms with Gasteiger partial charge < -0.3 is 4.90 Å². The predicted octanol–water partition coefficient (Wildman–Crippen LogP) is 1.95. The molecule has 13 heavy (non-hydrogen) atoms. The first kappa shape index (κ1) is 10.9. The summed E-state index contributed by atoms with van der Waals surface area (Å²) in [5, 5.41) is 0. The summed E-state index contributed by atoms with van der Waals surface area (Å²) in [6.45, 7) is 4.14. The Labute approximate surface area is 86.1 Å². The second-order valence-electron chi connectivity index (χ2n) is 3.73. The van der Waals surface area contributed by atoms with Gasteiger partial charge in [-0.1, -0.05) is 13.3 Å². The van der Waals surface area contributed by atoms with E-state index in [1.165, 1.54) is 19.3 Å². The zero-order valence-electron chi connectivity index (χ0n) is 8.33. The van der Waals surface area contributed by atoms with Gasteiger partial charge in [-0.25, -0.2) is 0 Å². The van der Waals surface area contributed by atoms with Crippen molar-refractivity contribution in [2.75, 3.05) is 18.8 Å². The van der Waals surface area contributed by atoms with Crippen LogP contribution in [0.5, 0.6) is 0 Å². The third-order valence-electron chi connectivity index (χ3n) is 2.77. The molecule has 0 saturated carbocycles. The first-order valence-corrected chi connectivity index (χ1v) is 5.79. The molecule has 0 aromatic rings. The molecule has 0 N–H and O–H groups in total. The minimum atomic E-state index is 0.285. The number of amides is 1. The standard InChI is InChI=1S/C10H19NOS/c1-2-9-4-3-6-11(8-9)10(12)5-7-13/h9,13H,2-8H2,1H3. The molecule has 0 aromatic carbocycles. The van der Waals surface area contributed by atoms with Crippen LogP contribution in [0.25, 0.3) is 0 Å². The SMILES string of the molecule is CCC1CCCN(C(=O)CCS)C1. The highest BCUT2D eigenvalue weighted by Gasteiger charge is 2.21. The van der Waals surface area contributed by atoms with Crippen LogP contribution in [0.2, 0.25) is 0 Å². The molecule has 0 bridgehead atoms. The van der Waals surface area contributed by atoms with Crippen LogP contribution in [-0.4, -0.2) is 29.6 Å². The number of hydrogen-bond acceptors (Lipinski definition) is 2. The first-order chi connectivity index (χ1) is 6.27. The highest BCUT2D eigenvalue weighted by Crippen LogP contribution is 2.19. The molecular weight excluding hydrogens is 182 g/mol. The third kappa shape index (κ3) is 3.22. The number of hydrogen-bond donors (Lipinski definition) is 1. The summed E-state index contributed by atoms with van der Waals surface area (Å²) in [6.07, 6.45) is 4.27. The highest BCUT2D eigenvalue weighted by atomic mass is 32.1. The maximum absolute atomic E-state index is 11.5. The minimum Gasteiger partial charge on any atom is -0.342 e. The average Bonchev–Trinajstić information content (AvgIpc) is 2.18. The number of thiol groups is 1. The van der Waals surface area contributed by atoms with Gasteiger partial charge in [-0.15, -0.1) is 0 Å². The van der Waals surface area contributed by atoms with Crippen molar-refractivity contribution in [3.05, 3.63) is 0 Å². The van der Waals surface area contributed by atoms with E-state index in [1.807, 2.05) is 4.90 Å². The molecule has 76 valence electrons. The summed E-state index contributed by atoms with van der Waals surface area (Å²) >= 11 is 4.08. The zero-order chi connectivity index (χ0) is 9.68. The molecule has 3 heteroatoms. The van der Waals surface area contributed by atoms with E-state index in [4.69, 9.17) is 0 Å². The lowest BCUT2D eigenvalue weighted by molar-refractivity contribution is -0.132. The number of piperidine rings is 1. The topological polar surface area (TPSA) is 20.3 Å². The summed E-state index contributed by atoms with van der Waals surface area (Å²) in [6, 6.07) is 0. The quantitative estimate of drug-likeness (QED) is 0.692. The van der Waals surface area contributed by atoms with Crippen molar-refractivity contribution in [2.24, 2.45) is 5.92 Å². The van der Waals surface area contributed by atoms with Crippen molar-refractivity contribution in [1.82, 2.24) is 4.90 Å². The van der Waals surface area contributed by atoms with Gasteiger partial charge in [0.15, 0.2) is 0 Å². The van der Waals surface area contributed by atoms with Crippen molar-refractivity contribution >= 4 is 18.5 Å². The molecule has 1 saturated heterocycles. The van der Waals surface area contributed by atoms with Crippen molar-refractivity contribution in [2.45, 2.75) is 32.6 Å². The van der Waals surface area contributed by atoms with Crippen LogP contribution in [0.15, 0.2) is 0 Å². The molecular formula is C10H19NOS. The largest absolute Gasteiger partial charge is 0.342 e. The maximum Gasteiger partial charge on any atom is 0.223 e. The first-order valence-electron chi connectivity index (χ1n) is 5.16. The fourth-order valence-corrected chi connectivity index (χ4v) is 2.07. The average molecular weight is 201 g/mol. The van der Waals surface area contributed by atoms with Gasteiger partial charge in [0.25, 0.3) is 0 Å². The monoisotopic (exact) mass is 201 g/mol. The fourth-order valence-electron chi connectivity index (χ4n) is 1.88. The van der Waals surface area contributed by atoms with Crippen LogP contribution in [0.4, 0.5) is 0 Å². The molecule has 2 nitrogen and oxygen atoms in total. The van der Waals surface area contributed by atoms with E-state index in [0.29, 0.717) is 12.2 Å². The molecule has 0 aromatic heterocycles. The molecule has 0 radical (unpaired) electrons. The van der Waals surface area contributed by atoms with Gasteiger partial charge in [0.2, 0.25) is 5.91 Å². The van der Waals surface area contributed by atoms with Gasteiger partial charge in [-0.2, -0.15) is 12.6 Å². The highest BCUT2D eigenvalue weighted by molar-refractivity contribution is 7.80. The minimum absolute atomic E-state index is 0.285. The Morgan fingerprint density at radius 3 is 3.00 bits per heavy atom. The van der Waals surface area contributed by atoms with E-state index < -0.39 is 0 Å². The van der Waals surface area contributed by atoms with Crippen molar-refractivity contribution in [3.8, 4) is 0 Å². The molecule has 1 unspecified atom stereocenters. The Hall–Kier alpha value is -0.180. The molecule has 1 atom stereocenters. The van der Waals surface area contributed by atoms with Crippen LogP contribution in [0.1, 0.15) is 32.6 Å². The normalized spacial score (nSPS) is 23.2. The molecule has 0 spiro atoms. The number of carbonyl (C=O) groups excluding carboxylic acids is 1. The lowest BCUT2D eigenvalue weighted by atomic mass is 9.95. The summed E-state index contributed by atoms with van der Waals surface area (Å²) in [5.41, 5.74) is 0. The molecule has 0 aliphatic carbocycles. The zero-order valence-corrected chi connectivity index (χ0v) is 9.22. The molecule has 1 aliphatic heterocycles. The summed E-state index contributed by atoms with van der Waals surface area (Å²) < 4.78 is 0. The molecule has 1 heterocycles. The van der Waals surface area contributed by atoms with Crippen LogP contribution in [0.3, 0.4) is 0 Å². The number of likely N-dealkylation sites (tertiary alicyclic amines) is 1. The van der Waals surface area contributed by atoms with E-state index in [9.17, 15) is 4.79 Å². The number of carbonyl (C=O) groups is 1. The molecule has 1 aliphatic rings. The van der Waals surface area contributed by atoms with E-state index in [-0.39, 0.29) is 5.91 Å². The van der Waals surface area contributed by atoms with Gasteiger partial charge in [0.05, 0.1) is 0 Å². The molecule has 1 amide bonds. The Balaban J connectivity index is 2.37. The van der Waals surface area contributed by atoms with Crippen LogP contribution in [-0.2, 0) is 4.79 Å². The predicted molar refractivity (Wildman–Crippen MR) is 58.1 cm³/mol. The maximum atomic E-state index is 11.5. The molecule has 1 fully saturated rings. The summed E-state index contributed by atoms with van der Waals surface area (Å²) in [5.74, 6) is 1.69. The Morgan fingerprint density at radius 1 is 1.62 bits per heavy atom. The summed E-state index contributed by atoms with van der Waals surface area (Å²) in [7, 11) is 0. The van der Waals surface area contributed by atoms with Gasteiger partial charge in [-0.3, -0.25) is 4.79 Å². The smallest absolute Gasteiger partial charge is 0.223 e. The van der Waals surface area contributed by atoms with Gasteiger partial charge in [0, 0.05) is 19.5 Å². The number of rotatable bonds is 3. The fraction of sp³-hybridized carbons (Fsp3) is 0.900. The van der Waals surface area contributed by atoms with Crippen molar-refractivity contribution in [1.29, 1.82) is 0 Å². The second-order valence-corrected chi connectivity index (χ2v) is 4.18. The van der Waals surface area contributed by atoms with Gasteiger partial charge in [0.1, 0.15) is 0 Å². The van der Waals surface area contributed by atoms with Gasteiger partial charge in [-0.05, 0) is 24.5 Å². The lowest BCUT2D eigenvalue weighted by Crippen LogP contribution is -2.39. The van der Waals surface area contributed by atoms with Crippen LogP contribution < -0.4 is 0 Å². The Kier molecular flexibility index (Phi) is 4.64. The van der Waals surface area contributed by atoms with E-state index in [0.717, 1.165) is 19.0 Å². The van der Waals surface area contributed by atoms with Crippen LogP contribution in [0, 0.1) is 5.92 Å². The van der Waals surface area contributed by atoms with Gasteiger partial charge >= 0.3 is 0 Å². The third-order valence-corrected chi connectivity index (χ3v) is 3.00. The van der Waals surface area contributed by atoms with Crippen LogP contribution >= 0.6 is 12.6 Å². The van der Waals surface area contributed by atoms with E-state index >= 15 is 0 Å². The Bertz CT molecular complexity index is 172. The summed E-state index contributed by atoms with van der Waals surface area (Å²) in [4.78, 5) is 13.5. The van der Waals surface area contributed by atoms with E-state index in [2.05, 4.69) is 19.6 Å². The van der Waals surface area contributed by atoms with E-state index in [1.54, 1.807) is 0 Å². The van der Waals surface area contributed by atoms with Crippen molar-refractivity contribution < 1.29 is 4.79 Å². The molecule has 1 rings (SSSR count). The lowest BCUT2D eigenvalue weighted by Gasteiger charge is -2.32. The Morgan fingerprint density at radius 2 is 2.38 bits per heavy atom.